The fourth-order valence-electron chi connectivity index (χ4n) is 9.68. The van der Waals surface area contributed by atoms with E-state index in [1.807, 2.05) is 25.2 Å². The second-order valence-electron chi connectivity index (χ2n) is 16.4. The summed E-state index contributed by atoms with van der Waals surface area (Å²) in [5.41, 5.74) is 16.5. The molecule has 0 N–H and O–H groups in total. The Morgan fingerprint density at radius 3 is 1.83 bits per heavy atom. The summed E-state index contributed by atoms with van der Waals surface area (Å²) in [5, 5.41) is 2.57. The zero-order valence-electron chi connectivity index (χ0n) is 35.7. The zero-order valence-corrected chi connectivity index (χ0v) is 35.7. The quantitative estimate of drug-likeness (QED) is 0.134. The highest BCUT2D eigenvalue weighted by atomic mass is 15.2. The highest BCUT2D eigenvalue weighted by Crippen LogP contribution is 2.48. The molecule has 11 rings (SSSR count). The number of hydrogen-bond donors (Lipinski definition) is 0. The molecule has 9 aromatic rings. The van der Waals surface area contributed by atoms with Gasteiger partial charge < -0.3 is 14.4 Å². The minimum absolute atomic E-state index is 0.0690. The zero-order chi connectivity index (χ0) is 42.8. The van der Waals surface area contributed by atoms with Gasteiger partial charge in [-0.2, -0.15) is 0 Å². The van der Waals surface area contributed by atoms with Crippen molar-refractivity contribution < 1.29 is 0 Å². The molecular formula is C61H47N3. The van der Waals surface area contributed by atoms with Gasteiger partial charge in [0.15, 0.2) is 0 Å². The van der Waals surface area contributed by atoms with E-state index in [2.05, 4.69) is 251 Å². The lowest BCUT2D eigenvalue weighted by Crippen LogP contribution is -2.37. The van der Waals surface area contributed by atoms with Gasteiger partial charge in [0.2, 0.25) is 0 Å². The topological polar surface area (TPSA) is 11.4 Å². The van der Waals surface area contributed by atoms with Gasteiger partial charge in [-0.3, -0.25) is 0 Å². The van der Waals surface area contributed by atoms with Crippen molar-refractivity contribution in [1.29, 1.82) is 0 Å². The van der Waals surface area contributed by atoms with E-state index in [1.165, 1.54) is 55.4 Å². The second-order valence-corrected chi connectivity index (χ2v) is 16.4. The predicted octanol–water partition coefficient (Wildman–Crippen LogP) is 16.5. The minimum Gasteiger partial charge on any atom is -0.332 e. The summed E-state index contributed by atoms with van der Waals surface area (Å²) in [6.07, 6.45) is 21.6. The monoisotopic (exact) mass is 821 g/mol. The number of aromatic nitrogens is 1. The van der Waals surface area contributed by atoms with Gasteiger partial charge in [-0.25, -0.2) is 0 Å². The van der Waals surface area contributed by atoms with E-state index in [0.717, 1.165) is 33.9 Å². The molecule has 3 nitrogen and oxygen atoms in total. The molecule has 1 aromatic heterocycles. The van der Waals surface area contributed by atoms with E-state index in [-0.39, 0.29) is 12.0 Å². The molecule has 0 fully saturated rings. The van der Waals surface area contributed by atoms with Gasteiger partial charge in [0.1, 0.15) is 0 Å². The van der Waals surface area contributed by atoms with Crippen molar-refractivity contribution in [2.24, 2.45) is 0 Å². The first-order valence-corrected chi connectivity index (χ1v) is 22.2. The summed E-state index contributed by atoms with van der Waals surface area (Å²) in [6.45, 7) is 2.02. The van der Waals surface area contributed by atoms with Gasteiger partial charge in [0.05, 0.1) is 28.5 Å². The highest BCUT2D eigenvalue weighted by Gasteiger charge is 2.34. The fraction of sp³-hybridized carbons (Fsp3) is 0.0492. The molecule has 8 aromatic carbocycles. The summed E-state index contributed by atoms with van der Waals surface area (Å²) < 4.78 is 2.50. The van der Waals surface area contributed by atoms with E-state index < -0.39 is 0 Å². The van der Waals surface area contributed by atoms with E-state index in [1.54, 1.807) is 0 Å². The van der Waals surface area contributed by atoms with Crippen LogP contribution in [0.3, 0.4) is 0 Å². The Morgan fingerprint density at radius 1 is 0.469 bits per heavy atom. The Hall–Kier alpha value is -8.14. The third-order valence-electron chi connectivity index (χ3n) is 12.7. The molecule has 64 heavy (non-hydrogen) atoms. The molecule has 0 amide bonds. The Kier molecular flexibility index (Phi) is 10.3. The molecule has 2 atom stereocenters. The lowest BCUT2D eigenvalue weighted by Gasteiger charge is -2.40. The number of rotatable bonds is 9. The minimum atomic E-state index is 0.0690. The SMILES string of the molecule is C\C=C/C=C\C=C\c1ccc(N(c2ccc(-c3ccccc3)cc2)c2ccc(-c3cccc(N4c5ccccc5-n5c6ccccc6c6cccc(c65)C5C=CC=CC54)c3)cc2)cc1. The molecule has 0 saturated carbocycles. The van der Waals surface area contributed by atoms with Gasteiger partial charge in [0.25, 0.3) is 0 Å². The molecule has 2 heterocycles. The van der Waals surface area contributed by atoms with Crippen molar-refractivity contribution >= 4 is 56.3 Å². The average molecular weight is 822 g/mol. The first-order chi connectivity index (χ1) is 31.7. The Labute approximate surface area is 375 Å². The summed E-state index contributed by atoms with van der Waals surface area (Å²) >= 11 is 0. The van der Waals surface area contributed by atoms with Crippen molar-refractivity contribution in [2.45, 2.75) is 18.9 Å². The van der Waals surface area contributed by atoms with Crippen LogP contribution in [0.25, 0.3) is 55.8 Å². The molecule has 1 aliphatic carbocycles. The van der Waals surface area contributed by atoms with Crippen LogP contribution >= 0.6 is 0 Å². The summed E-state index contributed by atoms with van der Waals surface area (Å²) in [6, 6.07) is 71.1. The number of fused-ring (bicyclic) bond motifs is 7. The van der Waals surface area contributed by atoms with Crippen LogP contribution in [-0.2, 0) is 0 Å². The molecule has 3 heteroatoms. The van der Waals surface area contributed by atoms with Crippen LogP contribution < -0.4 is 9.80 Å². The Bertz CT molecular complexity index is 3270. The standard InChI is InChI=1S/C61H47N3/c1-2-3-4-5-7-18-44-31-37-49(38-32-44)62(50-39-33-46(34-40-50)45-19-8-6-9-20-45)51-41-35-47(36-42-51)48-21-16-22-52(43-48)63-57-27-12-10-23-53(57)55-25-17-26-56-54-24-11-13-28-58(54)64(61(55)56)60-30-15-14-29-59(60)63/h2-43,53,57H,1H3/b3-2-,5-4-,18-7+. The number of benzene rings is 8. The maximum absolute atomic E-state index is 2.56. The van der Waals surface area contributed by atoms with Gasteiger partial charge in [-0.05, 0) is 107 Å². The van der Waals surface area contributed by atoms with E-state index >= 15 is 0 Å². The molecule has 1 aliphatic heterocycles. The fourth-order valence-corrected chi connectivity index (χ4v) is 9.68. The lowest BCUT2D eigenvalue weighted by atomic mass is 9.84. The van der Waals surface area contributed by atoms with E-state index in [0.29, 0.717) is 0 Å². The van der Waals surface area contributed by atoms with Crippen LogP contribution in [0.1, 0.15) is 24.0 Å². The molecule has 0 spiro atoms. The largest absolute Gasteiger partial charge is 0.332 e. The van der Waals surface area contributed by atoms with E-state index in [4.69, 9.17) is 0 Å². The maximum atomic E-state index is 2.56. The first kappa shape index (κ1) is 38.8. The molecule has 0 bridgehead atoms. The molecule has 0 saturated heterocycles. The molecule has 2 unspecified atom stereocenters. The summed E-state index contributed by atoms with van der Waals surface area (Å²) in [5.74, 6) is 0.144. The van der Waals surface area contributed by atoms with Crippen LogP contribution in [-0.4, -0.2) is 10.6 Å². The van der Waals surface area contributed by atoms with E-state index in [9.17, 15) is 0 Å². The summed E-state index contributed by atoms with van der Waals surface area (Å²) in [4.78, 5) is 4.90. The molecular weight excluding hydrogens is 775 g/mol. The average Bonchev–Trinajstić information content (AvgIpc) is 3.70. The van der Waals surface area contributed by atoms with Gasteiger partial charge in [-0.15, -0.1) is 0 Å². The maximum Gasteiger partial charge on any atom is 0.0699 e. The van der Waals surface area contributed by atoms with Crippen molar-refractivity contribution in [3.05, 3.63) is 260 Å². The van der Waals surface area contributed by atoms with Crippen molar-refractivity contribution in [3.63, 3.8) is 0 Å². The van der Waals surface area contributed by atoms with Gasteiger partial charge >= 0.3 is 0 Å². The van der Waals surface area contributed by atoms with Crippen LogP contribution in [0.4, 0.5) is 28.4 Å². The van der Waals surface area contributed by atoms with Crippen LogP contribution in [0.15, 0.2) is 249 Å². The number of hydrogen-bond acceptors (Lipinski definition) is 2. The summed E-state index contributed by atoms with van der Waals surface area (Å²) in [7, 11) is 0. The van der Waals surface area contributed by atoms with Crippen LogP contribution in [0.2, 0.25) is 0 Å². The second kappa shape index (κ2) is 17.0. The van der Waals surface area contributed by atoms with Crippen LogP contribution in [0, 0.1) is 0 Å². The van der Waals surface area contributed by atoms with Gasteiger partial charge in [-0.1, -0.05) is 188 Å². The van der Waals surface area contributed by atoms with Crippen LogP contribution in [0.5, 0.6) is 0 Å². The molecule has 2 aliphatic rings. The first-order valence-electron chi connectivity index (χ1n) is 22.2. The lowest BCUT2D eigenvalue weighted by molar-refractivity contribution is 0.687. The smallest absolute Gasteiger partial charge is 0.0699 e. The van der Waals surface area contributed by atoms with Crippen molar-refractivity contribution in [1.82, 2.24) is 4.57 Å². The molecule has 306 valence electrons. The third kappa shape index (κ3) is 7.07. The number of nitrogens with zero attached hydrogens (tertiary/aromatic N) is 3. The number of anilines is 5. The Morgan fingerprint density at radius 2 is 1.06 bits per heavy atom. The van der Waals surface area contributed by atoms with Crippen molar-refractivity contribution in [3.8, 4) is 27.9 Å². The predicted molar refractivity (Wildman–Crippen MR) is 273 cm³/mol. The highest BCUT2D eigenvalue weighted by molar-refractivity contribution is 6.11. The normalized spacial score (nSPS) is 15.5. The third-order valence-corrected chi connectivity index (χ3v) is 12.7. The van der Waals surface area contributed by atoms with Gasteiger partial charge in [0, 0.05) is 39.4 Å². The number of allylic oxidation sites excluding steroid dienone is 7. The Balaban J connectivity index is 0.975. The number of para-hydroxylation sites is 4. The van der Waals surface area contributed by atoms with Crippen molar-refractivity contribution in [2.75, 3.05) is 9.80 Å². The molecule has 0 radical (unpaired) electrons.